The molecule has 0 bridgehead atoms. The predicted molar refractivity (Wildman–Crippen MR) is 187 cm³/mol. The molecule has 2 aliphatic carbocycles. The lowest BCUT2D eigenvalue weighted by Gasteiger charge is -2.29. The number of amides is 2. The third kappa shape index (κ3) is 8.95. The van der Waals surface area contributed by atoms with Crippen LogP contribution in [0.3, 0.4) is 0 Å². The highest BCUT2D eigenvalue weighted by Crippen LogP contribution is 2.39. The van der Waals surface area contributed by atoms with Gasteiger partial charge in [-0.25, -0.2) is 9.59 Å². The van der Waals surface area contributed by atoms with Gasteiger partial charge in [0, 0.05) is 7.05 Å². The molecule has 1 aliphatic heterocycles. The molecule has 7 nitrogen and oxygen atoms in total. The number of carbonyl (C=O) groups is 4. The minimum Gasteiger partial charge on any atom is -0.444 e. The van der Waals surface area contributed by atoms with Gasteiger partial charge in [0.25, 0.3) is 11.8 Å². The zero-order valence-electron chi connectivity index (χ0n) is 29.3. The molecule has 0 spiro atoms. The first kappa shape index (κ1) is 35.8. The average molecular weight is 658 g/mol. The molecule has 48 heavy (non-hydrogen) atoms. The molecule has 3 fully saturated rings. The Balaban J connectivity index is 1.14. The number of likely N-dealkylation sites (N-methyl/N-ethyl adjacent to an activating group) is 1. The second-order valence-electron chi connectivity index (χ2n) is 14.6. The third-order valence-electron chi connectivity index (χ3n) is 11.3. The number of rotatable bonds is 14. The normalized spacial score (nSPS) is 26.0. The highest BCUT2D eigenvalue weighted by molar-refractivity contribution is 6.10. The van der Waals surface area contributed by atoms with Gasteiger partial charge in [-0.15, -0.1) is 0 Å². The van der Waals surface area contributed by atoms with E-state index in [1.165, 1.54) is 95.2 Å². The molecule has 1 saturated heterocycles. The summed E-state index contributed by atoms with van der Waals surface area (Å²) in [7, 11) is 1.31. The van der Waals surface area contributed by atoms with Crippen molar-refractivity contribution in [3.8, 4) is 0 Å². The zero-order chi connectivity index (χ0) is 34.0. The molecule has 2 amide bonds. The van der Waals surface area contributed by atoms with Gasteiger partial charge < -0.3 is 9.47 Å². The fraction of sp³-hybridized carbons (Fsp3) is 0.610. The van der Waals surface area contributed by atoms with Crippen LogP contribution < -0.4 is 0 Å². The fourth-order valence-electron chi connectivity index (χ4n) is 8.06. The first-order valence-corrected chi connectivity index (χ1v) is 18.7. The molecule has 2 unspecified atom stereocenters. The molecule has 5 rings (SSSR count). The lowest BCUT2D eigenvalue weighted by molar-refractivity contribution is -0.139. The smallest absolute Gasteiger partial charge is 0.339 e. The number of carbonyl (C=O) groups excluding carboxylic acids is 4. The molecular weight excluding hydrogens is 602 g/mol. The molecule has 2 atom stereocenters. The number of nitrogens with zero attached hydrogens (tertiary/aromatic N) is 1. The Morgan fingerprint density at radius 3 is 1.27 bits per heavy atom. The quantitative estimate of drug-likeness (QED) is 0.114. The van der Waals surface area contributed by atoms with Crippen LogP contribution in [0.1, 0.15) is 160 Å². The molecule has 1 heterocycles. The Morgan fingerprint density at radius 1 is 0.583 bits per heavy atom. The Morgan fingerprint density at radius 2 is 0.938 bits per heavy atom. The molecule has 260 valence electrons. The van der Waals surface area contributed by atoms with Crippen molar-refractivity contribution in [2.45, 2.75) is 141 Å². The van der Waals surface area contributed by atoms with Gasteiger partial charge in [0.2, 0.25) is 12.2 Å². The van der Waals surface area contributed by atoms with Crippen molar-refractivity contribution in [2.24, 2.45) is 11.8 Å². The van der Waals surface area contributed by atoms with Crippen LogP contribution in [-0.4, -0.2) is 47.9 Å². The number of ether oxygens (including phenoxy) is 2. The maximum atomic E-state index is 13.1. The average Bonchev–Trinajstić information content (AvgIpc) is 3.31. The van der Waals surface area contributed by atoms with E-state index in [1.807, 2.05) is 24.3 Å². The SMILES string of the molecule is CCCCCC1CCC(c2ccc(C(=O)OC3C(=O)N(C)C(=O)C3OC(=O)c3ccc(C4CCC(CCCCC)CC4)cc3)cc2)CC1. The Hall–Kier alpha value is -3.48. The molecule has 0 radical (unpaired) electrons. The van der Waals surface area contributed by atoms with Crippen LogP contribution >= 0.6 is 0 Å². The van der Waals surface area contributed by atoms with E-state index in [-0.39, 0.29) is 11.1 Å². The summed E-state index contributed by atoms with van der Waals surface area (Å²) in [4.78, 5) is 53.0. The highest BCUT2D eigenvalue weighted by Gasteiger charge is 2.51. The van der Waals surface area contributed by atoms with E-state index in [4.69, 9.17) is 9.47 Å². The highest BCUT2D eigenvalue weighted by atomic mass is 16.6. The summed E-state index contributed by atoms with van der Waals surface area (Å²) >= 11 is 0. The van der Waals surface area contributed by atoms with Gasteiger partial charge in [0.1, 0.15) is 0 Å². The number of hydrogen-bond donors (Lipinski definition) is 0. The molecule has 2 aromatic carbocycles. The molecule has 0 aromatic heterocycles. The number of benzene rings is 2. The van der Waals surface area contributed by atoms with E-state index in [0.717, 1.165) is 42.4 Å². The summed E-state index contributed by atoms with van der Waals surface area (Å²) in [6.07, 6.45) is 17.0. The maximum absolute atomic E-state index is 13.1. The van der Waals surface area contributed by atoms with E-state index in [9.17, 15) is 19.2 Å². The second kappa shape index (κ2) is 17.3. The summed E-state index contributed by atoms with van der Waals surface area (Å²) in [5.41, 5.74) is 2.99. The minimum atomic E-state index is -1.53. The number of likely N-dealkylation sites (tertiary alicyclic amines) is 1. The van der Waals surface area contributed by atoms with Gasteiger partial charge in [-0.2, -0.15) is 0 Å². The van der Waals surface area contributed by atoms with Crippen LogP contribution in [0.5, 0.6) is 0 Å². The van der Waals surface area contributed by atoms with Crippen LogP contribution in [-0.2, 0) is 19.1 Å². The summed E-state index contributed by atoms with van der Waals surface area (Å²) in [5, 5.41) is 0. The van der Waals surface area contributed by atoms with Crippen molar-refractivity contribution in [2.75, 3.05) is 7.05 Å². The van der Waals surface area contributed by atoms with E-state index in [0.29, 0.717) is 11.8 Å². The second-order valence-corrected chi connectivity index (χ2v) is 14.6. The van der Waals surface area contributed by atoms with E-state index in [2.05, 4.69) is 13.8 Å². The molecule has 2 aromatic rings. The molecule has 7 heteroatoms. The topological polar surface area (TPSA) is 90.0 Å². The van der Waals surface area contributed by atoms with E-state index in [1.54, 1.807) is 24.3 Å². The Bertz CT molecular complexity index is 1260. The van der Waals surface area contributed by atoms with Crippen molar-refractivity contribution >= 4 is 23.8 Å². The number of imide groups is 1. The molecular formula is C41H55NO6. The van der Waals surface area contributed by atoms with Crippen molar-refractivity contribution in [3.63, 3.8) is 0 Å². The van der Waals surface area contributed by atoms with Crippen LogP contribution in [0.4, 0.5) is 0 Å². The summed E-state index contributed by atoms with van der Waals surface area (Å²) in [5.74, 6) is -0.271. The first-order valence-electron chi connectivity index (χ1n) is 18.7. The standard InChI is InChI=1S/C41H55NO6/c1-4-6-8-10-28-12-16-30(17-13-28)32-20-24-34(25-21-32)40(45)47-36-37(39(44)42(3)38(36)43)48-41(46)35-26-22-33(23-27-35)31-18-14-29(15-19-31)11-9-7-5-2/h20-31,36-37H,4-19H2,1-3H3. The summed E-state index contributed by atoms with van der Waals surface area (Å²) in [6.45, 7) is 4.49. The van der Waals surface area contributed by atoms with Crippen LogP contribution in [0.2, 0.25) is 0 Å². The van der Waals surface area contributed by atoms with Crippen LogP contribution in [0, 0.1) is 11.8 Å². The molecule has 3 aliphatic rings. The van der Waals surface area contributed by atoms with Gasteiger partial charge in [-0.1, -0.05) is 89.5 Å². The number of esters is 2. The van der Waals surface area contributed by atoms with Crippen molar-refractivity contribution in [1.82, 2.24) is 4.90 Å². The largest absolute Gasteiger partial charge is 0.444 e. The van der Waals surface area contributed by atoms with Gasteiger partial charge in [-0.05, 0) is 110 Å². The van der Waals surface area contributed by atoms with Crippen molar-refractivity contribution in [1.29, 1.82) is 0 Å². The van der Waals surface area contributed by atoms with Crippen LogP contribution in [0.15, 0.2) is 48.5 Å². The summed E-state index contributed by atoms with van der Waals surface area (Å²) in [6, 6.07) is 14.7. The van der Waals surface area contributed by atoms with Crippen molar-refractivity contribution < 1.29 is 28.7 Å². The lowest BCUT2D eigenvalue weighted by Crippen LogP contribution is -2.37. The Kier molecular flexibility index (Phi) is 12.9. The predicted octanol–water partition coefficient (Wildman–Crippen LogP) is 9.14. The van der Waals surface area contributed by atoms with Gasteiger partial charge >= 0.3 is 11.9 Å². The van der Waals surface area contributed by atoms with Gasteiger partial charge in [0.05, 0.1) is 11.1 Å². The van der Waals surface area contributed by atoms with E-state index >= 15 is 0 Å². The maximum Gasteiger partial charge on any atom is 0.339 e. The molecule has 2 saturated carbocycles. The lowest BCUT2D eigenvalue weighted by atomic mass is 9.77. The fourth-order valence-corrected chi connectivity index (χ4v) is 8.06. The van der Waals surface area contributed by atoms with Gasteiger partial charge in [0.15, 0.2) is 0 Å². The number of unbranched alkanes of at least 4 members (excludes halogenated alkanes) is 4. The monoisotopic (exact) mass is 657 g/mol. The van der Waals surface area contributed by atoms with E-state index < -0.39 is 36.0 Å². The zero-order valence-corrected chi connectivity index (χ0v) is 29.3. The van der Waals surface area contributed by atoms with Gasteiger partial charge in [-0.3, -0.25) is 14.5 Å². The third-order valence-corrected chi connectivity index (χ3v) is 11.3. The Labute approximate surface area is 287 Å². The van der Waals surface area contributed by atoms with Crippen molar-refractivity contribution in [3.05, 3.63) is 70.8 Å². The molecule has 0 N–H and O–H groups in total. The van der Waals surface area contributed by atoms with Crippen LogP contribution in [0.25, 0.3) is 0 Å². The first-order chi connectivity index (χ1) is 23.3. The number of hydrogen-bond acceptors (Lipinski definition) is 6. The summed E-state index contributed by atoms with van der Waals surface area (Å²) < 4.78 is 11.1. The minimum absolute atomic E-state index is 0.289.